The summed E-state index contributed by atoms with van der Waals surface area (Å²) >= 11 is 3.41. The fraction of sp³-hybridized carbons (Fsp3) is 0.429. The van der Waals surface area contributed by atoms with Gasteiger partial charge in [-0.15, -0.1) is 0 Å². The summed E-state index contributed by atoms with van der Waals surface area (Å²) in [6, 6.07) is 5.61. The quantitative estimate of drug-likeness (QED) is 0.894. The number of carbonyl (C=O) groups excluding carboxylic acids is 2. The minimum Gasteiger partial charge on any atom is -0.347 e. The van der Waals surface area contributed by atoms with Gasteiger partial charge in [0.15, 0.2) is 0 Å². The number of aryl methyl sites for hydroxylation is 1. The Bertz CT molecular complexity index is 498. The average Bonchev–Trinajstić information content (AvgIpc) is 2.29. The second kappa shape index (κ2) is 6.19. The van der Waals surface area contributed by atoms with Gasteiger partial charge >= 0.3 is 0 Å². The minimum absolute atomic E-state index is 0.00788. The molecule has 1 saturated carbocycles. The normalized spacial score (nSPS) is 14.6. The van der Waals surface area contributed by atoms with Gasteiger partial charge in [0, 0.05) is 16.1 Å². The molecular weight excluding hydrogens is 308 g/mol. The molecule has 2 rings (SSSR count). The summed E-state index contributed by atoms with van der Waals surface area (Å²) in [5.74, 6) is -0.101. The molecule has 1 fully saturated rings. The fourth-order valence-corrected chi connectivity index (χ4v) is 2.24. The van der Waals surface area contributed by atoms with Crippen molar-refractivity contribution >= 4 is 33.4 Å². The third-order valence-corrected chi connectivity index (χ3v) is 4.21. The van der Waals surface area contributed by atoms with E-state index in [1.54, 1.807) is 0 Å². The maximum Gasteiger partial charge on any atom is 0.243 e. The number of anilines is 1. The number of amides is 2. The maximum atomic E-state index is 11.7. The van der Waals surface area contributed by atoms with Crippen molar-refractivity contribution in [2.75, 3.05) is 11.9 Å². The Morgan fingerprint density at radius 2 is 2.11 bits per heavy atom. The first kappa shape index (κ1) is 14.1. The van der Waals surface area contributed by atoms with Crippen LogP contribution in [0.15, 0.2) is 22.7 Å². The van der Waals surface area contributed by atoms with E-state index in [0.717, 1.165) is 35.0 Å². The summed E-state index contributed by atoms with van der Waals surface area (Å²) in [4.78, 5) is 23.3. The molecule has 0 radical (unpaired) electrons. The third kappa shape index (κ3) is 3.80. The van der Waals surface area contributed by atoms with E-state index < -0.39 is 0 Å². The van der Waals surface area contributed by atoms with E-state index in [4.69, 9.17) is 0 Å². The zero-order valence-corrected chi connectivity index (χ0v) is 12.4. The number of rotatable bonds is 4. The van der Waals surface area contributed by atoms with Gasteiger partial charge in [-0.05, 0) is 37.5 Å². The van der Waals surface area contributed by atoms with E-state index in [2.05, 4.69) is 26.6 Å². The van der Waals surface area contributed by atoms with Crippen LogP contribution in [0.5, 0.6) is 0 Å². The van der Waals surface area contributed by atoms with Crippen LogP contribution >= 0.6 is 15.9 Å². The Balaban J connectivity index is 1.80. The molecule has 0 atom stereocenters. The summed E-state index contributed by atoms with van der Waals surface area (Å²) in [7, 11) is 0. The lowest BCUT2D eigenvalue weighted by Crippen LogP contribution is -2.39. The highest BCUT2D eigenvalue weighted by Crippen LogP contribution is 2.26. The zero-order chi connectivity index (χ0) is 13.8. The monoisotopic (exact) mass is 324 g/mol. The van der Waals surface area contributed by atoms with Crippen LogP contribution in [0.2, 0.25) is 0 Å². The van der Waals surface area contributed by atoms with Gasteiger partial charge in [0.2, 0.25) is 11.8 Å². The number of halogens is 1. The Morgan fingerprint density at radius 1 is 1.37 bits per heavy atom. The van der Waals surface area contributed by atoms with Crippen LogP contribution in [0.1, 0.15) is 24.8 Å². The molecule has 1 aliphatic rings. The lowest BCUT2D eigenvalue weighted by molar-refractivity contribution is -0.129. The van der Waals surface area contributed by atoms with Crippen LogP contribution in [0.3, 0.4) is 0 Å². The van der Waals surface area contributed by atoms with E-state index in [9.17, 15) is 9.59 Å². The van der Waals surface area contributed by atoms with Crippen molar-refractivity contribution in [2.45, 2.75) is 26.2 Å². The topological polar surface area (TPSA) is 58.2 Å². The molecule has 1 aliphatic carbocycles. The zero-order valence-electron chi connectivity index (χ0n) is 10.8. The molecule has 102 valence electrons. The van der Waals surface area contributed by atoms with Crippen LogP contribution in [0.4, 0.5) is 5.69 Å². The number of hydrogen-bond acceptors (Lipinski definition) is 2. The molecule has 0 bridgehead atoms. The van der Waals surface area contributed by atoms with Crippen molar-refractivity contribution in [1.29, 1.82) is 0 Å². The second-order valence-corrected chi connectivity index (χ2v) is 5.71. The van der Waals surface area contributed by atoms with Crippen LogP contribution in [0, 0.1) is 12.8 Å². The lowest BCUT2D eigenvalue weighted by atomic mass is 9.85. The molecule has 1 aromatic carbocycles. The highest BCUT2D eigenvalue weighted by atomic mass is 79.9. The second-order valence-electron chi connectivity index (χ2n) is 4.86. The van der Waals surface area contributed by atoms with Gasteiger partial charge in [0.25, 0.3) is 0 Å². The first-order valence-corrected chi connectivity index (χ1v) is 7.19. The molecule has 4 nitrogen and oxygen atoms in total. The third-order valence-electron chi connectivity index (χ3n) is 3.35. The SMILES string of the molecule is Cc1ccc(NC(=O)CNC(=O)C2CCC2)cc1Br. The molecule has 0 aliphatic heterocycles. The average molecular weight is 325 g/mol. The van der Waals surface area contributed by atoms with E-state index in [1.807, 2.05) is 25.1 Å². The Kier molecular flexibility index (Phi) is 4.58. The summed E-state index contributed by atoms with van der Waals surface area (Å²) in [6.07, 6.45) is 3.00. The number of benzene rings is 1. The smallest absolute Gasteiger partial charge is 0.243 e. The molecule has 0 saturated heterocycles. The first-order chi connectivity index (χ1) is 9.06. The molecule has 0 aromatic heterocycles. The summed E-state index contributed by atoms with van der Waals surface area (Å²) in [5, 5.41) is 5.42. The highest BCUT2D eigenvalue weighted by Gasteiger charge is 2.25. The molecular formula is C14H17BrN2O2. The van der Waals surface area contributed by atoms with Gasteiger partial charge in [0.05, 0.1) is 6.54 Å². The van der Waals surface area contributed by atoms with E-state index in [1.165, 1.54) is 0 Å². The summed E-state index contributed by atoms with van der Waals surface area (Å²) in [5.41, 5.74) is 1.83. The Hall–Kier alpha value is -1.36. The predicted molar refractivity (Wildman–Crippen MR) is 77.9 cm³/mol. The van der Waals surface area contributed by atoms with E-state index in [-0.39, 0.29) is 24.3 Å². The molecule has 0 unspecified atom stereocenters. The molecule has 1 aromatic rings. The van der Waals surface area contributed by atoms with Gasteiger partial charge in [0.1, 0.15) is 0 Å². The van der Waals surface area contributed by atoms with E-state index in [0.29, 0.717) is 0 Å². The Morgan fingerprint density at radius 3 is 2.68 bits per heavy atom. The number of carbonyl (C=O) groups is 2. The van der Waals surface area contributed by atoms with Crippen molar-refractivity contribution in [1.82, 2.24) is 5.32 Å². The largest absolute Gasteiger partial charge is 0.347 e. The van der Waals surface area contributed by atoms with Crippen LogP contribution in [-0.2, 0) is 9.59 Å². The highest BCUT2D eigenvalue weighted by molar-refractivity contribution is 9.10. The van der Waals surface area contributed by atoms with Crippen molar-refractivity contribution in [3.8, 4) is 0 Å². The van der Waals surface area contributed by atoms with Crippen molar-refractivity contribution in [3.05, 3.63) is 28.2 Å². The van der Waals surface area contributed by atoms with Crippen LogP contribution < -0.4 is 10.6 Å². The fourth-order valence-electron chi connectivity index (χ4n) is 1.86. The predicted octanol–water partition coefficient (Wildman–Crippen LogP) is 2.61. The standard InChI is InChI=1S/C14H17BrN2O2/c1-9-5-6-11(7-12(9)15)17-13(18)8-16-14(19)10-3-2-4-10/h5-7,10H,2-4,8H2,1H3,(H,16,19)(H,17,18). The molecule has 19 heavy (non-hydrogen) atoms. The van der Waals surface area contributed by atoms with Crippen molar-refractivity contribution in [2.24, 2.45) is 5.92 Å². The van der Waals surface area contributed by atoms with E-state index >= 15 is 0 Å². The van der Waals surface area contributed by atoms with Gasteiger partial charge in [-0.2, -0.15) is 0 Å². The van der Waals surface area contributed by atoms with Crippen molar-refractivity contribution < 1.29 is 9.59 Å². The molecule has 0 spiro atoms. The molecule has 5 heteroatoms. The summed E-state index contributed by atoms with van der Waals surface area (Å²) in [6.45, 7) is 2.01. The Labute approximate surface area is 121 Å². The summed E-state index contributed by atoms with van der Waals surface area (Å²) < 4.78 is 0.948. The maximum absolute atomic E-state index is 11.7. The van der Waals surface area contributed by atoms with Crippen LogP contribution in [0.25, 0.3) is 0 Å². The van der Waals surface area contributed by atoms with Gasteiger partial charge < -0.3 is 10.6 Å². The van der Waals surface area contributed by atoms with Crippen LogP contribution in [-0.4, -0.2) is 18.4 Å². The number of hydrogen-bond donors (Lipinski definition) is 2. The van der Waals surface area contributed by atoms with Crippen molar-refractivity contribution in [3.63, 3.8) is 0 Å². The first-order valence-electron chi connectivity index (χ1n) is 6.40. The molecule has 2 N–H and O–H groups in total. The van der Waals surface area contributed by atoms with Gasteiger partial charge in [-0.3, -0.25) is 9.59 Å². The number of nitrogens with one attached hydrogen (secondary N) is 2. The molecule has 0 heterocycles. The lowest BCUT2D eigenvalue weighted by Gasteiger charge is -2.23. The molecule has 2 amide bonds. The van der Waals surface area contributed by atoms with Gasteiger partial charge in [-0.1, -0.05) is 28.4 Å². The minimum atomic E-state index is -0.205. The van der Waals surface area contributed by atoms with Gasteiger partial charge in [-0.25, -0.2) is 0 Å².